The number of para-hydroxylation sites is 1. The number of rotatable bonds is 3. The number of carbonyl (C=O) groups is 1. The number of esters is 1. The highest BCUT2D eigenvalue weighted by atomic mass is 127. The van der Waals surface area contributed by atoms with Crippen LogP contribution in [0.15, 0.2) is 84.9 Å². The first-order valence-corrected chi connectivity index (χ1v) is 11.7. The fourth-order valence-electron chi connectivity index (χ4n) is 4.73. The van der Waals surface area contributed by atoms with Crippen molar-refractivity contribution in [2.45, 2.75) is 12.5 Å². The van der Waals surface area contributed by atoms with Crippen molar-refractivity contribution in [2.24, 2.45) is 0 Å². The highest BCUT2D eigenvalue weighted by Gasteiger charge is 2.53. The van der Waals surface area contributed by atoms with E-state index < -0.39 is 5.60 Å². The van der Waals surface area contributed by atoms with Gasteiger partial charge in [0.15, 0.2) is 5.60 Å². The first-order chi connectivity index (χ1) is 16.5. The Bertz CT molecular complexity index is 1450. The summed E-state index contributed by atoms with van der Waals surface area (Å²) in [7, 11) is 0. The molecule has 0 aliphatic carbocycles. The van der Waals surface area contributed by atoms with Crippen molar-refractivity contribution in [3.8, 4) is 11.5 Å². The van der Waals surface area contributed by atoms with Crippen molar-refractivity contribution < 1.29 is 19.5 Å². The minimum atomic E-state index is -1.17. The second-order valence-electron chi connectivity index (χ2n) is 8.31. The zero-order valence-electron chi connectivity index (χ0n) is 18.1. The Labute approximate surface area is 210 Å². The molecule has 0 radical (unpaired) electrons. The number of fused-ring (bicyclic) bond motifs is 6. The molecule has 2 N–H and O–H groups in total. The van der Waals surface area contributed by atoms with Gasteiger partial charge >= 0.3 is 5.97 Å². The number of nitrogens with one attached hydrogen (secondary N) is 1. The fourth-order valence-corrected chi connectivity index (χ4v) is 5.03. The Kier molecular flexibility index (Phi) is 4.79. The van der Waals surface area contributed by atoms with Gasteiger partial charge in [-0.25, -0.2) is 4.79 Å². The quantitative estimate of drug-likeness (QED) is 0.123. The molecule has 6 nitrogen and oxygen atoms in total. The lowest BCUT2D eigenvalue weighted by molar-refractivity contribution is 0.0224. The van der Waals surface area contributed by atoms with Crippen LogP contribution in [-0.4, -0.2) is 11.2 Å². The van der Waals surface area contributed by atoms with Crippen LogP contribution in [0.25, 0.3) is 0 Å². The Balaban J connectivity index is 1.61. The Morgan fingerprint density at radius 1 is 0.882 bits per heavy atom. The number of anilines is 3. The van der Waals surface area contributed by atoms with Crippen LogP contribution in [0.1, 0.15) is 32.6 Å². The maximum Gasteiger partial charge on any atom is 0.340 e. The lowest BCUT2D eigenvalue weighted by Gasteiger charge is -2.37. The molecule has 6 rings (SSSR count). The van der Waals surface area contributed by atoms with Crippen molar-refractivity contribution in [1.82, 2.24) is 0 Å². The van der Waals surface area contributed by atoms with Gasteiger partial charge in [0.2, 0.25) is 0 Å². The molecule has 0 saturated heterocycles. The number of aryl methyl sites for hydroxylation is 1. The number of benzene rings is 4. The van der Waals surface area contributed by atoms with Crippen LogP contribution in [0.5, 0.6) is 11.5 Å². The van der Waals surface area contributed by atoms with Crippen molar-refractivity contribution in [3.63, 3.8) is 0 Å². The summed E-state index contributed by atoms with van der Waals surface area (Å²) in [6, 6.07) is 26.7. The third kappa shape index (κ3) is 3.08. The molecular weight excluding hydrogens is 543 g/mol. The van der Waals surface area contributed by atoms with Crippen LogP contribution in [0, 0.1) is 6.92 Å². The normalized spacial score (nSPS) is 17.3. The molecule has 0 amide bonds. The van der Waals surface area contributed by atoms with E-state index in [-0.39, 0.29) is 5.97 Å². The largest absolute Gasteiger partial charge is 0.456 e. The average Bonchev–Trinajstić information content (AvgIpc) is 3.13. The molecule has 7 heteroatoms. The Morgan fingerprint density at radius 3 is 2.41 bits per heavy atom. The number of hydrogen-bond acceptors (Lipinski definition) is 6. The number of nitrogens with zero attached hydrogens (tertiary/aromatic N) is 1. The van der Waals surface area contributed by atoms with Crippen molar-refractivity contribution >= 4 is 45.9 Å². The monoisotopic (exact) mass is 562 g/mol. The maximum atomic E-state index is 13.0. The molecule has 0 aromatic heterocycles. The van der Waals surface area contributed by atoms with E-state index in [4.69, 9.17) is 9.47 Å². The summed E-state index contributed by atoms with van der Waals surface area (Å²) < 4.78 is 13.6. The third-order valence-electron chi connectivity index (χ3n) is 6.31. The van der Waals surface area contributed by atoms with Gasteiger partial charge in [0.1, 0.15) is 11.5 Å². The highest BCUT2D eigenvalue weighted by molar-refractivity contribution is 14.1. The van der Waals surface area contributed by atoms with Crippen LogP contribution < -0.4 is 13.3 Å². The molecule has 0 saturated carbocycles. The summed E-state index contributed by atoms with van der Waals surface area (Å²) in [5.41, 5.74) is 4.95. The SMILES string of the molecule is Cc1cc2c(cc1Nc1ccccc1)C1(OC(=O)c3ccccc31)c1ccc(N(O)I)cc1O2. The van der Waals surface area contributed by atoms with Crippen LogP contribution in [0.3, 0.4) is 0 Å². The van der Waals surface area contributed by atoms with E-state index in [0.717, 1.165) is 31.3 Å². The molecule has 4 aromatic carbocycles. The van der Waals surface area contributed by atoms with Crippen LogP contribution in [0.2, 0.25) is 0 Å². The molecule has 1 atom stereocenters. The summed E-state index contributed by atoms with van der Waals surface area (Å²) in [6.07, 6.45) is 0. The molecule has 1 spiro atoms. The van der Waals surface area contributed by atoms with Gasteiger partial charge in [0.25, 0.3) is 0 Å². The van der Waals surface area contributed by atoms with Crippen molar-refractivity contribution in [2.75, 3.05) is 8.59 Å². The highest BCUT2D eigenvalue weighted by Crippen LogP contribution is 2.57. The summed E-state index contributed by atoms with van der Waals surface area (Å²) in [5, 5.41) is 13.4. The number of ether oxygens (including phenoxy) is 2. The van der Waals surface area contributed by atoms with E-state index >= 15 is 0 Å². The number of hydrogen-bond donors (Lipinski definition) is 2. The van der Waals surface area contributed by atoms with Gasteiger partial charge in [-0.3, -0.25) is 5.21 Å². The van der Waals surface area contributed by atoms with Gasteiger partial charge < -0.3 is 14.8 Å². The molecule has 168 valence electrons. The van der Waals surface area contributed by atoms with Crippen molar-refractivity contribution in [1.29, 1.82) is 0 Å². The molecule has 0 fully saturated rings. The van der Waals surface area contributed by atoms with E-state index in [9.17, 15) is 10.0 Å². The number of halogens is 1. The van der Waals surface area contributed by atoms with E-state index in [1.54, 1.807) is 41.1 Å². The van der Waals surface area contributed by atoms with Crippen LogP contribution >= 0.6 is 22.9 Å². The zero-order valence-corrected chi connectivity index (χ0v) is 20.2. The molecular formula is C27H19IN2O4. The lowest BCUT2D eigenvalue weighted by Crippen LogP contribution is -2.33. The Hall–Kier alpha value is -3.56. The van der Waals surface area contributed by atoms with E-state index in [1.807, 2.05) is 73.7 Å². The molecule has 2 aliphatic rings. The Morgan fingerprint density at radius 2 is 1.62 bits per heavy atom. The van der Waals surface area contributed by atoms with Gasteiger partial charge in [0.05, 0.1) is 34.1 Å². The third-order valence-corrected chi connectivity index (χ3v) is 6.87. The zero-order chi connectivity index (χ0) is 23.4. The molecule has 0 bridgehead atoms. The standard InChI is InChI=1S/C27H19IN2O4/c1-16-13-24-22(15-23(16)29-17-7-3-2-4-8-17)27(20-10-6-5-9-19(20)26(31)34-27)21-12-11-18(30(28)32)14-25(21)33-24/h2-15,29,32H,1H3. The summed E-state index contributed by atoms with van der Waals surface area (Å²) in [5.74, 6) is 0.742. The van der Waals surface area contributed by atoms with Crippen LogP contribution in [-0.2, 0) is 10.3 Å². The topological polar surface area (TPSA) is 71.0 Å². The molecule has 1 unspecified atom stereocenters. The average molecular weight is 562 g/mol. The molecule has 2 aliphatic heterocycles. The van der Waals surface area contributed by atoms with Gasteiger partial charge in [-0.1, -0.05) is 36.4 Å². The molecule has 4 aromatic rings. The van der Waals surface area contributed by atoms with Gasteiger partial charge in [-0.2, -0.15) is 3.28 Å². The van der Waals surface area contributed by atoms with E-state index in [2.05, 4.69) is 5.32 Å². The first kappa shape index (κ1) is 21.0. The first-order valence-electron chi connectivity index (χ1n) is 10.7. The second-order valence-corrected chi connectivity index (χ2v) is 9.23. The van der Waals surface area contributed by atoms with E-state index in [1.165, 1.54) is 0 Å². The van der Waals surface area contributed by atoms with Crippen LogP contribution in [0.4, 0.5) is 17.1 Å². The maximum absolute atomic E-state index is 13.0. The predicted octanol–water partition coefficient (Wildman–Crippen LogP) is 6.85. The number of carbonyl (C=O) groups excluding carboxylic acids is 1. The summed E-state index contributed by atoms with van der Waals surface area (Å²) in [6.45, 7) is 2.00. The van der Waals surface area contributed by atoms with Gasteiger partial charge in [-0.15, -0.1) is 0 Å². The second kappa shape index (κ2) is 7.75. The molecule has 34 heavy (non-hydrogen) atoms. The lowest BCUT2D eigenvalue weighted by atomic mass is 9.77. The smallest absolute Gasteiger partial charge is 0.340 e. The predicted molar refractivity (Wildman–Crippen MR) is 137 cm³/mol. The summed E-state index contributed by atoms with van der Waals surface area (Å²) in [4.78, 5) is 13.0. The van der Waals surface area contributed by atoms with E-state index in [0.29, 0.717) is 28.3 Å². The summed E-state index contributed by atoms with van der Waals surface area (Å²) >= 11 is 1.79. The minimum absolute atomic E-state index is 0.380. The minimum Gasteiger partial charge on any atom is -0.456 e. The molecule has 2 heterocycles. The van der Waals surface area contributed by atoms with Crippen molar-refractivity contribution in [3.05, 3.63) is 113 Å². The fraction of sp³-hybridized carbons (Fsp3) is 0.0741. The van der Waals surface area contributed by atoms with Gasteiger partial charge in [-0.05, 0) is 55.0 Å². The van der Waals surface area contributed by atoms with Gasteiger partial charge in [0, 0.05) is 34.1 Å².